The van der Waals surface area contributed by atoms with Crippen molar-refractivity contribution >= 4 is 5.78 Å². The largest absolute Gasteiger partial charge is 0.490 e. The fraction of sp³-hybridized carbons (Fsp3) is 0.364. The molecule has 1 saturated carbocycles. The summed E-state index contributed by atoms with van der Waals surface area (Å²) in [4.78, 5) is 10.7. The highest BCUT2D eigenvalue weighted by Crippen LogP contribution is 2.22. The van der Waals surface area contributed by atoms with E-state index in [9.17, 15) is 4.79 Å². The Morgan fingerprint density at radius 3 is 2.38 bits per heavy atom. The van der Waals surface area contributed by atoms with E-state index in [-0.39, 0.29) is 6.10 Å². The number of rotatable bonds is 2. The summed E-state index contributed by atoms with van der Waals surface area (Å²) >= 11 is 0. The summed E-state index contributed by atoms with van der Waals surface area (Å²) in [7, 11) is 0. The minimum atomic E-state index is 0.121. The van der Waals surface area contributed by atoms with Crippen molar-refractivity contribution < 1.29 is 9.53 Å². The Kier molecular flexibility index (Phi) is 2.05. The first kappa shape index (κ1) is 8.30. The second-order valence-electron chi connectivity index (χ2n) is 3.50. The van der Waals surface area contributed by atoms with Crippen LogP contribution in [0.3, 0.4) is 0 Å². The lowest BCUT2D eigenvalue weighted by atomic mass is 9.94. The van der Waals surface area contributed by atoms with Gasteiger partial charge in [-0.15, -0.1) is 0 Å². The second-order valence-corrected chi connectivity index (χ2v) is 3.50. The van der Waals surface area contributed by atoms with Crippen LogP contribution in [0.4, 0.5) is 0 Å². The van der Waals surface area contributed by atoms with E-state index in [4.69, 9.17) is 4.74 Å². The first-order valence-electron chi connectivity index (χ1n) is 4.49. The first-order valence-corrected chi connectivity index (χ1v) is 4.49. The number of ketones is 1. The third-order valence-corrected chi connectivity index (χ3v) is 2.23. The average Bonchev–Trinajstić information content (AvgIpc) is 2.06. The van der Waals surface area contributed by atoms with Gasteiger partial charge in [-0.25, -0.2) is 0 Å². The molecule has 68 valence electrons. The maximum absolute atomic E-state index is 10.7. The zero-order valence-corrected chi connectivity index (χ0v) is 7.62. The Bertz CT molecular complexity index is 305. The molecular formula is C11H12O2. The summed E-state index contributed by atoms with van der Waals surface area (Å²) in [5, 5.41) is 0. The maximum Gasteiger partial charge on any atom is 0.140 e. The third kappa shape index (κ3) is 1.89. The summed E-state index contributed by atoms with van der Waals surface area (Å²) in [5.74, 6) is 1.17. The molecule has 0 amide bonds. The van der Waals surface area contributed by atoms with Crippen molar-refractivity contribution in [3.05, 3.63) is 29.8 Å². The van der Waals surface area contributed by atoms with Gasteiger partial charge in [-0.1, -0.05) is 17.7 Å². The molecule has 0 spiro atoms. The molecule has 0 N–H and O–H groups in total. The fourth-order valence-electron chi connectivity index (χ4n) is 1.34. The molecule has 0 saturated heterocycles. The predicted octanol–water partition coefficient (Wildman–Crippen LogP) is 2.11. The van der Waals surface area contributed by atoms with Gasteiger partial charge in [-0.05, 0) is 19.1 Å². The molecule has 1 aromatic rings. The Hall–Kier alpha value is -1.31. The summed E-state index contributed by atoms with van der Waals surface area (Å²) in [6, 6.07) is 7.90. The molecular weight excluding hydrogens is 164 g/mol. The molecule has 1 aromatic carbocycles. The van der Waals surface area contributed by atoms with Gasteiger partial charge in [-0.2, -0.15) is 0 Å². The highest BCUT2D eigenvalue weighted by molar-refractivity contribution is 5.85. The number of Topliss-reactive ketones (excluding diaryl/α,β-unsaturated/α-hetero) is 1. The molecule has 13 heavy (non-hydrogen) atoms. The Labute approximate surface area is 77.5 Å². The van der Waals surface area contributed by atoms with Crippen molar-refractivity contribution in [3.8, 4) is 5.75 Å². The normalized spacial score (nSPS) is 16.8. The van der Waals surface area contributed by atoms with Crippen molar-refractivity contribution in [1.29, 1.82) is 0 Å². The van der Waals surface area contributed by atoms with Crippen LogP contribution in [-0.4, -0.2) is 11.9 Å². The molecule has 0 aromatic heterocycles. The molecule has 0 bridgehead atoms. The van der Waals surface area contributed by atoms with Crippen LogP contribution >= 0.6 is 0 Å². The van der Waals surface area contributed by atoms with Gasteiger partial charge in [0.05, 0.1) is 0 Å². The first-order chi connectivity index (χ1) is 6.24. The Morgan fingerprint density at radius 1 is 1.23 bits per heavy atom. The number of hydrogen-bond acceptors (Lipinski definition) is 2. The molecule has 2 heteroatoms. The summed E-state index contributed by atoms with van der Waals surface area (Å²) in [5.41, 5.74) is 1.22. The van der Waals surface area contributed by atoms with Crippen molar-refractivity contribution in [2.75, 3.05) is 0 Å². The van der Waals surface area contributed by atoms with Crippen molar-refractivity contribution in [1.82, 2.24) is 0 Å². The quantitative estimate of drug-likeness (QED) is 0.689. The Balaban J connectivity index is 1.95. The van der Waals surface area contributed by atoms with Crippen LogP contribution in [0.1, 0.15) is 18.4 Å². The average molecular weight is 176 g/mol. The van der Waals surface area contributed by atoms with Crippen LogP contribution in [0.2, 0.25) is 0 Å². The minimum absolute atomic E-state index is 0.121. The van der Waals surface area contributed by atoms with Crippen LogP contribution in [0.5, 0.6) is 5.75 Å². The van der Waals surface area contributed by atoms with Gasteiger partial charge in [0.15, 0.2) is 0 Å². The molecule has 2 nitrogen and oxygen atoms in total. The molecule has 1 fully saturated rings. The summed E-state index contributed by atoms with van der Waals surface area (Å²) in [6.45, 7) is 2.04. The number of aryl methyl sites for hydroxylation is 1. The van der Waals surface area contributed by atoms with Crippen molar-refractivity contribution in [3.63, 3.8) is 0 Å². The predicted molar refractivity (Wildman–Crippen MR) is 49.8 cm³/mol. The molecule has 0 heterocycles. The van der Waals surface area contributed by atoms with E-state index in [0.29, 0.717) is 18.6 Å². The molecule has 0 radical (unpaired) electrons. The lowest BCUT2D eigenvalue weighted by Gasteiger charge is -2.25. The third-order valence-electron chi connectivity index (χ3n) is 2.23. The van der Waals surface area contributed by atoms with E-state index in [1.807, 2.05) is 31.2 Å². The number of ether oxygens (including phenoxy) is 1. The van der Waals surface area contributed by atoms with Gasteiger partial charge in [0.1, 0.15) is 17.6 Å². The van der Waals surface area contributed by atoms with Crippen LogP contribution in [0.25, 0.3) is 0 Å². The van der Waals surface area contributed by atoms with Crippen LogP contribution in [-0.2, 0) is 4.79 Å². The summed E-state index contributed by atoms with van der Waals surface area (Å²) in [6.07, 6.45) is 1.28. The second kappa shape index (κ2) is 3.21. The van der Waals surface area contributed by atoms with Gasteiger partial charge in [0, 0.05) is 12.8 Å². The van der Waals surface area contributed by atoms with Crippen LogP contribution in [0, 0.1) is 6.92 Å². The van der Waals surface area contributed by atoms with Crippen LogP contribution in [0.15, 0.2) is 24.3 Å². The highest BCUT2D eigenvalue weighted by Gasteiger charge is 2.27. The number of hydrogen-bond donors (Lipinski definition) is 0. The van der Waals surface area contributed by atoms with Gasteiger partial charge < -0.3 is 4.74 Å². The molecule has 0 aliphatic heterocycles. The molecule has 2 rings (SSSR count). The van der Waals surface area contributed by atoms with E-state index in [1.54, 1.807) is 0 Å². The molecule has 1 aliphatic carbocycles. The monoisotopic (exact) mass is 176 g/mol. The van der Waals surface area contributed by atoms with E-state index in [2.05, 4.69) is 0 Å². The Morgan fingerprint density at radius 2 is 1.85 bits per heavy atom. The minimum Gasteiger partial charge on any atom is -0.490 e. The topological polar surface area (TPSA) is 26.3 Å². The fourth-order valence-corrected chi connectivity index (χ4v) is 1.34. The van der Waals surface area contributed by atoms with E-state index in [0.717, 1.165) is 5.75 Å². The number of carbonyl (C=O) groups is 1. The van der Waals surface area contributed by atoms with E-state index in [1.165, 1.54) is 5.56 Å². The van der Waals surface area contributed by atoms with Gasteiger partial charge >= 0.3 is 0 Å². The number of benzene rings is 1. The van der Waals surface area contributed by atoms with Crippen LogP contribution < -0.4 is 4.74 Å². The SMILES string of the molecule is Cc1ccc(OC2CC(=O)C2)cc1. The summed E-state index contributed by atoms with van der Waals surface area (Å²) < 4.78 is 5.55. The van der Waals surface area contributed by atoms with E-state index < -0.39 is 0 Å². The van der Waals surface area contributed by atoms with E-state index >= 15 is 0 Å². The molecule has 1 aliphatic rings. The smallest absolute Gasteiger partial charge is 0.140 e. The number of carbonyl (C=O) groups excluding carboxylic acids is 1. The molecule has 0 atom stereocenters. The van der Waals surface area contributed by atoms with Gasteiger partial charge in [0.2, 0.25) is 0 Å². The van der Waals surface area contributed by atoms with Crippen molar-refractivity contribution in [2.45, 2.75) is 25.9 Å². The zero-order valence-electron chi connectivity index (χ0n) is 7.62. The maximum atomic E-state index is 10.7. The highest BCUT2D eigenvalue weighted by atomic mass is 16.5. The van der Waals surface area contributed by atoms with Gasteiger partial charge in [0.25, 0.3) is 0 Å². The zero-order chi connectivity index (χ0) is 9.26. The molecule has 0 unspecified atom stereocenters. The lowest BCUT2D eigenvalue weighted by Crippen LogP contribution is -2.33. The van der Waals surface area contributed by atoms with Gasteiger partial charge in [-0.3, -0.25) is 4.79 Å². The standard InChI is InChI=1S/C11H12O2/c1-8-2-4-10(5-3-8)13-11-6-9(12)7-11/h2-5,11H,6-7H2,1H3. The lowest BCUT2D eigenvalue weighted by molar-refractivity contribution is -0.129. The van der Waals surface area contributed by atoms with Crippen molar-refractivity contribution in [2.24, 2.45) is 0 Å².